The Labute approximate surface area is 218 Å². The molecule has 0 atom stereocenters. The number of benzene rings is 2. The number of carbonyl (C=O) groups is 2. The normalized spacial score (nSPS) is 11.1. The van der Waals surface area contributed by atoms with Crippen LogP contribution in [0.15, 0.2) is 87.3 Å². The number of aromatic nitrogens is 2. The fourth-order valence-electron chi connectivity index (χ4n) is 3.56. The lowest BCUT2D eigenvalue weighted by atomic mass is 10.0. The Hall–Kier alpha value is -5.41. The maximum absolute atomic E-state index is 12.8. The van der Waals surface area contributed by atoms with E-state index in [9.17, 15) is 47.7 Å². The summed E-state index contributed by atoms with van der Waals surface area (Å²) < 4.78 is 34.2. The van der Waals surface area contributed by atoms with Crippen LogP contribution in [0.2, 0.25) is 0 Å². The van der Waals surface area contributed by atoms with Gasteiger partial charge in [-0.05, 0) is 42.0 Å². The smallest absolute Gasteiger partial charge is 0.295 e. The summed E-state index contributed by atoms with van der Waals surface area (Å²) in [5.74, 6) is -2.65. The second kappa shape index (κ2) is 10.2. The van der Waals surface area contributed by atoms with E-state index in [1.54, 1.807) is 0 Å². The average Bonchev–Trinajstić information content (AvgIpc) is 2.87. The summed E-state index contributed by atoms with van der Waals surface area (Å²) in [6, 6.07) is 13.4. The summed E-state index contributed by atoms with van der Waals surface area (Å²) >= 11 is 0. The van der Waals surface area contributed by atoms with Crippen molar-refractivity contribution in [2.75, 3.05) is 10.6 Å². The van der Waals surface area contributed by atoms with Gasteiger partial charge in [0.1, 0.15) is 16.3 Å². The van der Waals surface area contributed by atoms with E-state index in [4.69, 9.17) is 0 Å². The first kappa shape index (κ1) is 26.6. The van der Waals surface area contributed by atoms with Crippen LogP contribution in [0.25, 0.3) is 11.1 Å². The van der Waals surface area contributed by atoms with Gasteiger partial charge < -0.3 is 26.2 Å². The van der Waals surface area contributed by atoms with E-state index >= 15 is 0 Å². The predicted octanol–water partition coefficient (Wildman–Crippen LogP) is 0.976. The molecule has 0 bridgehead atoms. The minimum Gasteiger partial charge on any atom is -0.872 e. The zero-order valence-electron chi connectivity index (χ0n) is 19.4. The molecule has 0 aliphatic rings. The van der Waals surface area contributed by atoms with Crippen molar-refractivity contribution in [3.63, 3.8) is 0 Å². The van der Waals surface area contributed by atoms with E-state index < -0.39 is 55.1 Å². The molecule has 2 aromatic heterocycles. The van der Waals surface area contributed by atoms with Crippen LogP contribution in [-0.2, 0) is 10.1 Å². The van der Waals surface area contributed by atoms with Gasteiger partial charge in [-0.25, -0.2) is 0 Å². The van der Waals surface area contributed by atoms with Crippen molar-refractivity contribution in [1.29, 1.82) is 0 Å². The van der Waals surface area contributed by atoms with E-state index in [-0.39, 0.29) is 32.0 Å². The number of amides is 2. The highest BCUT2D eigenvalue weighted by Crippen LogP contribution is 2.35. The number of rotatable bonds is 6. The standard InChI is InChI=1S/C24H18N4O10S/c29-19-11-13(25-23(32)17-3-1-5-21(30)27(17)34)7-9-15(19)16-10-8-14(12-20(16)39(36,37)38)26-24(33)18-4-2-6-22(31)28(18)35/h1-12,29,34-35H,(H,25,32)(H,26,33)(H,36,37,38)/p-1. The van der Waals surface area contributed by atoms with Crippen molar-refractivity contribution in [3.8, 4) is 16.9 Å². The van der Waals surface area contributed by atoms with Crippen molar-refractivity contribution in [2.45, 2.75) is 4.90 Å². The van der Waals surface area contributed by atoms with Gasteiger partial charge in [0, 0.05) is 29.1 Å². The van der Waals surface area contributed by atoms with Crippen LogP contribution in [0.3, 0.4) is 0 Å². The minimum atomic E-state index is -4.93. The fraction of sp³-hybridized carbons (Fsp3) is 0. The molecule has 0 radical (unpaired) electrons. The van der Waals surface area contributed by atoms with Crippen LogP contribution in [0.4, 0.5) is 11.4 Å². The lowest BCUT2D eigenvalue weighted by molar-refractivity contribution is -0.267. The van der Waals surface area contributed by atoms with Gasteiger partial charge in [-0.1, -0.05) is 30.0 Å². The maximum Gasteiger partial charge on any atom is 0.295 e. The molecule has 2 heterocycles. The molecule has 200 valence electrons. The van der Waals surface area contributed by atoms with Crippen molar-refractivity contribution in [2.24, 2.45) is 0 Å². The third kappa shape index (κ3) is 5.48. The zero-order chi connectivity index (χ0) is 28.5. The monoisotopic (exact) mass is 553 g/mol. The number of nitrogens with one attached hydrogen (secondary N) is 2. The third-order valence-corrected chi connectivity index (χ3v) is 6.27. The molecule has 14 nitrogen and oxygen atoms in total. The van der Waals surface area contributed by atoms with E-state index in [0.717, 1.165) is 36.4 Å². The average molecular weight is 553 g/mol. The molecule has 0 saturated carbocycles. The highest BCUT2D eigenvalue weighted by Gasteiger charge is 2.20. The zero-order valence-corrected chi connectivity index (χ0v) is 20.2. The Balaban J connectivity index is 1.65. The van der Waals surface area contributed by atoms with Crippen molar-refractivity contribution in [1.82, 2.24) is 9.46 Å². The second-order valence-electron chi connectivity index (χ2n) is 7.93. The van der Waals surface area contributed by atoms with Crippen LogP contribution in [-0.4, -0.2) is 44.7 Å². The number of hydrogen-bond acceptors (Lipinski definition) is 9. The highest BCUT2D eigenvalue weighted by atomic mass is 32.2. The number of carbonyl (C=O) groups excluding carboxylic acids is 2. The number of hydrogen-bond donors (Lipinski definition) is 5. The number of anilines is 2. The van der Waals surface area contributed by atoms with Gasteiger partial charge in [0.25, 0.3) is 33.1 Å². The summed E-state index contributed by atoms with van der Waals surface area (Å²) in [6.07, 6.45) is 0. The Bertz CT molecular complexity index is 1860. The highest BCUT2D eigenvalue weighted by molar-refractivity contribution is 7.86. The van der Waals surface area contributed by atoms with Gasteiger partial charge in [0.2, 0.25) is 0 Å². The van der Waals surface area contributed by atoms with E-state index in [0.29, 0.717) is 0 Å². The van der Waals surface area contributed by atoms with Crippen molar-refractivity contribution >= 4 is 33.3 Å². The number of pyridine rings is 2. The molecule has 4 aromatic rings. The molecule has 15 heteroatoms. The summed E-state index contributed by atoms with van der Waals surface area (Å²) in [7, 11) is -4.93. The first-order chi connectivity index (χ1) is 18.4. The maximum atomic E-state index is 12.8. The molecule has 0 unspecified atom stereocenters. The van der Waals surface area contributed by atoms with Gasteiger partial charge in [-0.3, -0.25) is 23.7 Å². The van der Waals surface area contributed by atoms with E-state index in [1.165, 1.54) is 36.4 Å². The second-order valence-corrected chi connectivity index (χ2v) is 9.32. The van der Waals surface area contributed by atoms with Gasteiger partial charge in [-0.15, -0.1) is 9.46 Å². The summed E-state index contributed by atoms with van der Waals surface area (Å²) in [5.41, 5.74) is -3.20. The molecular formula is C24H17N4O10S-. The van der Waals surface area contributed by atoms with Crippen LogP contribution >= 0.6 is 0 Å². The van der Waals surface area contributed by atoms with Gasteiger partial charge >= 0.3 is 0 Å². The van der Waals surface area contributed by atoms with Crippen LogP contribution < -0.4 is 26.9 Å². The Morgan fingerprint density at radius 3 is 1.64 bits per heavy atom. The molecule has 4 rings (SSSR count). The molecule has 2 amide bonds. The topological polar surface area (TPSA) is 220 Å². The van der Waals surface area contributed by atoms with E-state index in [1.807, 2.05) is 0 Å². The Kier molecular flexibility index (Phi) is 6.94. The molecule has 5 N–H and O–H groups in total. The summed E-state index contributed by atoms with van der Waals surface area (Å²) in [6.45, 7) is 0. The van der Waals surface area contributed by atoms with Gasteiger partial charge in [0.05, 0.1) is 0 Å². The molecule has 0 spiro atoms. The van der Waals surface area contributed by atoms with Crippen LogP contribution in [0.5, 0.6) is 5.75 Å². The molecule has 2 aromatic carbocycles. The molecule has 0 saturated heterocycles. The quantitative estimate of drug-likeness (QED) is 0.168. The molecule has 39 heavy (non-hydrogen) atoms. The first-order valence-corrected chi connectivity index (χ1v) is 12.2. The summed E-state index contributed by atoms with van der Waals surface area (Å²) in [5, 5.41) is 36.9. The van der Waals surface area contributed by atoms with Gasteiger partial charge in [-0.2, -0.15) is 8.42 Å². The van der Waals surface area contributed by atoms with Crippen molar-refractivity contribution in [3.05, 3.63) is 105 Å². The Morgan fingerprint density at radius 2 is 1.18 bits per heavy atom. The molecular weight excluding hydrogens is 536 g/mol. The Morgan fingerprint density at radius 1 is 0.718 bits per heavy atom. The third-order valence-electron chi connectivity index (χ3n) is 5.37. The lowest BCUT2D eigenvalue weighted by Gasteiger charge is -2.18. The van der Waals surface area contributed by atoms with Gasteiger partial charge in [0.15, 0.2) is 0 Å². The predicted molar refractivity (Wildman–Crippen MR) is 133 cm³/mol. The molecule has 0 aliphatic heterocycles. The molecule has 0 fully saturated rings. The summed E-state index contributed by atoms with van der Waals surface area (Å²) in [4.78, 5) is 47.2. The first-order valence-electron chi connectivity index (χ1n) is 10.7. The van der Waals surface area contributed by atoms with Crippen LogP contribution in [0.1, 0.15) is 21.0 Å². The largest absolute Gasteiger partial charge is 0.872 e. The molecule has 0 aliphatic carbocycles. The fourth-order valence-corrected chi connectivity index (χ4v) is 4.29. The van der Waals surface area contributed by atoms with Crippen LogP contribution in [0, 0.1) is 0 Å². The minimum absolute atomic E-state index is 0.0414. The number of nitrogens with zero attached hydrogens (tertiary/aromatic N) is 2. The SMILES string of the molecule is O=C(Nc1ccc(-c2ccc(NC(=O)c3cccc(=O)n3O)cc2S(=O)(=O)O)c([O-])c1)c1cccc(=O)n1O. The lowest BCUT2D eigenvalue weighted by Crippen LogP contribution is -2.26. The van der Waals surface area contributed by atoms with E-state index in [2.05, 4.69) is 10.6 Å². The van der Waals surface area contributed by atoms with Crippen molar-refractivity contribution < 1.29 is 38.1 Å².